The van der Waals surface area contributed by atoms with Crippen molar-refractivity contribution in [3.8, 4) is 0 Å². The first-order chi connectivity index (χ1) is 7.81. The van der Waals surface area contributed by atoms with Crippen LogP contribution in [0, 0.1) is 5.92 Å². The van der Waals surface area contributed by atoms with E-state index in [0.29, 0.717) is 0 Å². The molecule has 0 aromatic heterocycles. The Morgan fingerprint density at radius 3 is 2.44 bits per heavy atom. The van der Waals surface area contributed by atoms with Gasteiger partial charge in [0.15, 0.2) is 0 Å². The van der Waals surface area contributed by atoms with Gasteiger partial charge in [-0.2, -0.15) is 0 Å². The smallest absolute Gasteiger partial charge is 0.0316 e. The van der Waals surface area contributed by atoms with Gasteiger partial charge < -0.3 is 0 Å². The molecule has 0 bridgehead atoms. The summed E-state index contributed by atoms with van der Waals surface area (Å²) >= 11 is 0. The molecule has 0 radical (unpaired) electrons. The van der Waals surface area contributed by atoms with Gasteiger partial charge in [-0.3, -0.25) is 0 Å². The van der Waals surface area contributed by atoms with Crippen LogP contribution in [0.2, 0.25) is 0 Å². The van der Waals surface area contributed by atoms with Crippen molar-refractivity contribution < 1.29 is 0 Å². The molecule has 0 aromatic carbocycles. The molecule has 0 heteroatoms. The summed E-state index contributed by atoms with van der Waals surface area (Å²) in [4.78, 5) is 0. The molecule has 0 saturated carbocycles. The Morgan fingerprint density at radius 2 is 1.75 bits per heavy atom. The minimum absolute atomic E-state index is 0.863. The van der Waals surface area contributed by atoms with Gasteiger partial charge in [0.2, 0.25) is 0 Å². The van der Waals surface area contributed by atoms with Crippen LogP contribution < -0.4 is 0 Å². The molecular formula is C16H30. The third-order valence-electron chi connectivity index (χ3n) is 3.04. The molecule has 0 aliphatic heterocycles. The van der Waals surface area contributed by atoms with Gasteiger partial charge in [-0.25, -0.2) is 0 Å². The summed E-state index contributed by atoms with van der Waals surface area (Å²) in [6, 6.07) is 0. The van der Waals surface area contributed by atoms with Crippen molar-refractivity contribution in [1.29, 1.82) is 0 Å². The molecule has 1 atom stereocenters. The fourth-order valence-corrected chi connectivity index (χ4v) is 1.87. The van der Waals surface area contributed by atoms with E-state index in [9.17, 15) is 0 Å². The van der Waals surface area contributed by atoms with E-state index in [-0.39, 0.29) is 0 Å². The van der Waals surface area contributed by atoms with Gasteiger partial charge in [-0.05, 0) is 25.2 Å². The normalized spacial score (nSPS) is 13.1. The summed E-state index contributed by atoms with van der Waals surface area (Å²) < 4.78 is 0. The van der Waals surface area contributed by atoms with E-state index in [4.69, 9.17) is 0 Å². The van der Waals surface area contributed by atoms with Gasteiger partial charge in [-0.1, -0.05) is 70.6 Å². The van der Waals surface area contributed by atoms with Crippen LogP contribution in [0.25, 0.3) is 0 Å². The predicted molar refractivity (Wildman–Crippen MR) is 75.7 cm³/mol. The molecule has 0 aromatic rings. The number of unbranched alkanes of at least 4 members (excludes halogenated alkanes) is 5. The molecule has 0 amide bonds. The highest BCUT2D eigenvalue weighted by molar-refractivity contribution is 4.85. The van der Waals surface area contributed by atoms with E-state index in [1.807, 2.05) is 6.08 Å². The standard InChI is InChI=1S/C16H30/c1-4-6-8-10-12-14-16(3)15-13-11-9-7-5-2/h4,10,12,16H,1,5-9,11,13-15H2,2-3H3/b12-10+/t16-/m0/s1. The number of hydrogen-bond acceptors (Lipinski definition) is 0. The molecule has 0 N–H and O–H groups in total. The van der Waals surface area contributed by atoms with Crippen molar-refractivity contribution in [1.82, 2.24) is 0 Å². The zero-order valence-corrected chi connectivity index (χ0v) is 11.4. The third kappa shape index (κ3) is 11.6. The molecule has 0 saturated heterocycles. The number of rotatable bonds is 11. The first kappa shape index (κ1) is 15.5. The molecule has 0 aliphatic carbocycles. The summed E-state index contributed by atoms with van der Waals surface area (Å²) in [7, 11) is 0. The van der Waals surface area contributed by atoms with Crippen LogP contribution in [0.1, 0.15) is 71.6 Å². The van der Waals surface area contributed by atoms with Gasteiger partial charge >= 0.3 is 0 Å². The molecule has 16 heavy (non-hydrogen) atoms. The van der Waals surface area contributed by atoms with Crippen molar-refractivity contribution >= 4 is 0 Å². The second-order valence-electron chi connectivity index (χ2n) is 4.88. The van der Waals surface area contributed by atoms with E-state index in [0.717, 1.165) is 18.8 Å². The molecule has 94 valence electrons. The zero-order chi connectivity index (χ0) is 12.1. The molecule has 0 heterocycles. The monoisotopic (exact) mass is 222 g/mol. The highest BCUT2D eigenvalue weighted by Crippen LogP contribution is 2.14. The first-order valence-corrected chi connectivity index (χ1v) is 7.07. The van der Waals surface area contributed by atoms with Crippen molar-refractivity contribution in [2.45, 2.75) is 71.6 Å². The van der Waals surface area contributed by atoms with Crippen molar-refractivity contribution in [3.05, 3.63) is 24.8 Å². The van der Waals surface area contributed by atoms with Gasteiger partial charge in [0.1, 0.15) is 0 Å². The summed E-state index contributed by atoms with van der Waals surface area (Å²) in [6.45, 7) is 8.37. The van der Waals surface area contributed by atoms with E-state index in [1.165, 1.54) is 44.9 Å². The molecule has 0 rings (SSSR count). The summed E-state index contributed by atoms with van der Waals surface area (Å²) in [5.74, 6) is 0.863. The van der Waals surface area contributed by atoms with Gasteiger partial charge in [0.05, 0.1) is 0 Å². The Balaban J connectivity index is 3.26. The van der Waals surface area contributed by atoms with Crippen LogP contribution in [-0.2, 0) is 0 Å². The molecule has 0 aliphatic rings. The minimum Gasteiger partial charge on any atom is -0.103 e. The Morgan fingerprint density at radius 1 is 1.00 bits per heavy atom. The van der Waals surface area contributed by atoms with Crippen LogP contribution in [0.5, 0.6) is 0 Å². The highest BCUT2D eigenvalue weighted by Gasteiger charge is 1.98. The van der Waals surface area contributed by atoms with Crippen molar-refractivity contribution in [3.63, 3.8) is 0 Å². The Hall–Kier alpha value is -0.520. The Bertz CT molecular complexity index is 167. The van der Waals surface area contributed by atoms with E-state index in [1.54, 1.807) is 0 Å². The van der Waals surface area contributed by atoms with Crippen LogP contribution in [0.3, 0.4) is 0 Å². The van der Waals surface area contributed by atoms with Crippen LogP contribution in [0.4, 0.5) is 0 Å². The molecule has 0 fully saturated rings. The maximum absolute atomic E-state index is 3.72. The maximum atomic E-state index is 3.72. The lowest BCUT2D eigenvalue weighted by Gasteiger charge is -2.07. The minimum atomic E-state index is 0.863. The van der Waals surface area contributed by atoms with Crippen molar-refractivity contribution in [2.24, 2.45) is 5.92 Å². The molecule has 0 nitrogen and oxygen atoms in total. The molecule has 0 unspecified atom stereocenters. The number of allylic oxidation sites excluding steroid dienone is 3. The average Bonchev–Trinajstić information content (AvgIpc) is 2.28. The number of hydrogen-bond donors (Lipinski definition) is 0. The summed E-state index contributed by atoms with van der Waals surface area (Å²) in [5, 5.41) is 0. The molecule has 0 spiro atoms. The van der Waals surface area contributed by atoms with E-state index >= 15 is 0 Å². The van der Waals surface area contributed by atoms with Crippen LogP contribution >= 0.6 is 0 Å². The van der Waals surface area contributed by atoms with Gasteiger partial charge in [0.25, 0.3) is 0 Å². The van der Waals surface area contributed by atoms with Gasteiger partial charge in [-0.15, -0.1) is 6.58 Å². The lowest BCUT2D eigenvalue weighted by Crippen LogP contribution is -1.92. The average molecular weight is 222 g/mol. The fourth-order valence-electron chi connectivity index (χ4n) is 1.87. The highest BCUT2D eigenvalue weighted by atomic mass is 14.0. The maximum Gasteiger partial charge on any atom is -0.0316 e. The van der Waals surface area contributed by atoms with Crippen LogP contribution in [-0.4, -0.2) is 0 Å². The SMILES string of the molecule is C=CCC/C=C/C[C@H](C)CCCCCCC. The Kier molecular flexibility index (Phi) is 12.1. The van der Waals surface area contributed by atoms with E-state index < -0.39 is 0 Å². The predicted octanol–water partition coefficient (Wildman–Crippen LogP) is 5.90. The Labute approximate surface area is 103 Å². The summed E-state index contributed by atoms with van der Waals surface area (Å²) in [6.07, 6.45) is 18.6. The third-order valence-corrected chi connectivity index (χ3v) is 3.04. The lowest BCUT2D eigenvalue weighted by molar-refractivity contribution is 0.489. The zero-order valence-electron chi connectivity index (χ0n) is 11.4. The topological polar surface area (TPSA) is 0 Å². The largest absolute Gasteiger partial charge is 0.103 e. The second-order valence-corrected chi connectivity index (χ2v) is 4.88. The second kappa shape index (κ2) is 12.5. The van der Waals surface area contributed by atoms with Crippen LogP contribution in [0.15, 0.2) is 24.8 Å². The van der Waals surface area contributed by atoms with E-state index in [2.05, 4.69) is 32.6 Å². The van der Waals surface area contributed by atoms with Crippen molar-refractivity contribution in [2.75, 3.05) is 0 Å². The summed E-state index contributed by atoms with van der Waals surface area (Å²) in [5.41, 5.74) is 0. The first-order valence-electron chi connectivity index (χ1n) is 7.07. The van der Waals surface area contributed by atoms with Gasteiger partial charge in [0, 0.05) is 0 Å². The quantitative estimate of drug-likeness (QED) is 0.302. The lowest BCUT2D eigenvalue weighted by atomic mass is 9.99. The molecular weight excluding hydrogens is 192 g/mol. The fraction of sp³-hybridized carbons (Fsp3) is 0.750.